The highest BCUT2D eigenvalue weighted by Gasteiger charge is 2.41. The molecule has 8 heteroatoms. The summed E-state index contributed by atoms with van der Waals surface area (Å²) < 4.78 is 20.3. The molecule has 1 aromatic heterocycles. The molecule has 0 radical (unpaired) electrons. The molecule has 7 nitrogen and oxygen atoms in total. The van der Waals surface area contributed by atoms with Gasteiger partial charge in [0.25, 0.3) is 11.5 Å². The number of H-pyrrole nitrogens is 1. The summed E-state index contributed by atoms with van der Waals surface area (Å²) in [5, 5.41) is 7.91. The molecule has 1 N–H and O–H groups in total. The number of benzene rings is 1. The van der Waals surface area contributed by atoms with Crippen LogP contribution in [0.5, 0.6) is 0 Å². The number of carbonyl (C=O) groups excluding carboxylic acids is 1. The molecule has 0 saturated carbocycles. The van der Waals surface area contributed by atoms with Gasteiger partial charge in [-0.15, -0.1) is 0 Å². The van der Waals surface area contributed by atoms with Crippen LogP contribution >= 0.6 is 0 Å². The van der Waals surface area contributed by atoms with Crippen LogP contribution in [-0.2, 0) is 16.0 Å². The van der Waals surface area contributed by atoms with E-state index in [1.165, 1.54) is 13.0 Å². The molecule has 32 heavy (non-hydrogen) atoms. The van der Waals surface area contributed by atoms with E-state index in [1.807, 2.05) is 19.2 Å². The number of likely N-dealkylation sites (tertiary alicyclic amines) is 1. The molecular formula is C24H27FN4O3. The molecule has 3 heterocycles. The van der Waals surface area contributed by atoms with Gasteiger partial charge in [0.1, 0.15) is 5.83 Å². The number of hydrogen-bond acceptors (Lipinski definition) is 5. The number of nitrogens with zero attached hydrogens (tertiary/aromatic N) is 3. The van der Waals surface area contributed by atoms with Gasteiger partial charge in [-0.05, 0) is 31.7 Å². The van der Waals surface area contributed by atoms with E-state index in [2.05, 4.69) is 21.7 Å². The van der Waals surface area contributed by atoms with Crippen molar-refractivity contribution in [2.45, 2.75) is 25.5 Å². The highest BCUT2D eigenvalue weighted by atomic mass is 19.1. The third kappa shape index (κ3) is 4.28. The molecule has 4 rings (SSSR count). The molecule has 2 atom stereocenters. The van der Waals surface area contributed by atoms with Crippen LogP contribution in [0.2, 0.25) is 0 Å². The Morgan fingerprint density at radius 2 is 2.09 bits per heavy atom. The largest absolute Gasteiger partial charge is 0.373 e. The summed E-state index contributed by atoms with van der Waals surface area (Å²) in [6.45, 7) is 7.49. The van der Waals surface area contributed by atoms with Gasteiger partial charge in [0.2, 0.25) is 0 Å². The van der Waals surface area contributed by atoms with E-state index in [0.29, 0.717) is 48.2 Å². The lowest BCUT2D eigenvalue weighted by Gasteiger charge is -2.33. The minimum atomic E-state index is -0.558. The van der Waals surface area contributed by atoms with Gasteiger partial charge >= 0.3 is 0 Å². The SMILES string of the molecule is C=CC(=CC(C(=O)N1CC2OCCN(C)C2C1)=C(C)F)Cc1n[nH]c(=O)c2ccccc12. The van der Waals surface area contributed by atoms with Gasteiger partial charge in [-0.2, -0.15) is 5.10 Å². The van der Waals surface area contributed by atoms with Crippen molar-refractivity contribution in [3.05, 3.63) is 76.0 Å². The van der Waals surface area contributed by atoms with Gasteiger partial charge in [-0.1, -0.05) is 30.9 Å². The second kappa shape index (κ2) is 9.18. The van der Waals surface area contributed by atoms with Crippen molar-refractivity contribution >= 4 is 16.7 Å². The van der Waals surface area contributed by atoms with Crippen LogP contribution in [0.15, 0.2) is 64.8 Å². The lowest BCUT2D eigenvalue weighted by molar-refractivity contribution is -0.126. The van der Waals surface area contributed by atoms with Crippen molar-refractivity contribution in [2.75, 3.05) is 33.3 Å². The standard InChI is InChI=1S/C24H27FN4O3/c1-4-16(12-20-17-7-5-6-8-18(17)23(30)27-26-20)11-19(15(2)25)24(31)29-13-21-22(14-29)32-10-9-28(21)3/h4-8,11,21-22H,1,9-10,12-14H2,2-3H3,(H,27,30). The lowest BCUT2D eigenvalue weighted by Crippen LogP contribution is -2.48. The molecule has 2 fully saturated rings. The van der Waals surface area contributed by atoms with E-state index >= 15 is 0 Å². The van der Waals surface area contributed by atoms with Crippen molar-refractivity contribution in [3.8, 4) is 0 Å². The first-order valence-corrected chi connectivity index (χ1v) is 10.7. The molecule has 1 amide bonds. The minimum absolute atomic E-state index is 0.00469. The van der Waals surface area contributed by atoms with E-state index in [0.717, 1.165) is 6.54 Å². The fraction of sp³-hybridized carbons (Fsp3) is 0.375. The molecule has 0 bridgehead atoms. The predicted octanol–water partition coefficient (Wildman–Crippen LogP) is 2.36. The average molecular weight is 439 g/mol. The summed E-state index contributed by atoms with van der Waals surface area (Å²) in [6, 6.07) is 7.28. The lowest BCUT2D eigenvalue weighted by atomic mass is 10.0. The normalized spacial score (nSPS) is 22.6. The fourth-order valence-electron chi connectivity index (χ4n) is 4.37. The first kappa shape index (κ1) is 22.1. The number of morpholine rings is 1. The maximum atomic E-state index is 14.5. The van der Waals surface area contributed by atoms with Gasteiger partial charge in [-0.25, -0.2) is 9.49 Å². The molecule has 2 aromatic rings. The van der Waals surface area contributed by atoms with Crippen molar-refractivity contribution in [1.29, 1.82) is 0 Å². The fourth-order valence-corrected chi connectivity index (χ4v) is 4.37. The molecule has 0 aliphatic carbocycles. The summed E-state index contributed by atoms with van der Waals surface area (Å²) in [5.41, 5.74) is 0.971. The Labute approximate surface area is 185 Å². The number of aromatic amines is 1. The Balaban J connectivity index is 1.60. The van der Waals surface area contributed by atoms with E-state index in [9.17, 15) is 14.0 Å². The van der Waals surface area contributed by atoms with Gasteiger partial charge < -0.3 is 9.64 Å². The highest BCUT2D eigenvalue weighted by Crippen LogP contribution is 2.25. The minimum Gasteiger partial charge on any atom is -0.373 e. The van der Waals surface area contributed by atoms with Crippen LogP contribution < -0.4 is 5.56 Å². The maximum Gasteiger partial charge on any atom is 0.272 e. The van der Waals surface area contributed by atoms with Gasteiger partial charge in [0.15, 0.2) is 0 Å². The van der Waals surface area contributed by atoms with E-state index in [1.54, 1.807) is 23.1 Å². The van der Waals surface area contributed by atoms with Crippen molar-refractivity contribution in [1.82, 2.24) is 20.0 Å². The number of amides is 1. The van der Waals surface area contributed by atoms with Crippen LogP contribution in [0.3, 0.4) is 0 Å². The number of aromatic nitrogens is 2. The monoisotopic (exact) mass is 438 g/mol. The molecule has 1 aromatic carbocycles. The van der Waals surface area contributed by atoms with Crippen LogP contribution in [0.25, 0.3) is 10.8 Å². The number of hydrogen-bond donors (Lipinski definition) is 1. The third-order valence-electron chi connectivity index (χ3n) is 6.21. The van der Waals surface area contributed by atoms with Crippen LogP contribution in [-0.4, -0.2) is 71.3 Å². The second-order valence-electron chi connectivity index (χ2n) is 8.26. The molecule has 2 aliphatic rings. The van der Waals surface area contributed by atoms with E-state index in [-0.39, 0.29) is 29.2 Å². The number of allylic oxidation sites excluding steroid dienone is 3. The molecule has 0 spiro atoms. The zero-order chi connectivity index (χ0) is 22.8. The number of halogens is 1. The number of ether oxygens (including phenoxy) is 1. The Morgan fingerprint density at radius 3 is 2.78 bits per heavy atom. The quantitative estimate of drug-likeness (QED) is 0.573. The van der Waals surface area contributed by atoms with E-state index in [4.69, 9.17) is 4.74 Å². The summed E-state index contributed by atoms with van der Waals surface area (Å²) in [5.74, 6) is -0.923. The van der Waals surface area contributed by atoms with Crippen molar-refractivity contribution in [3.63, 3.8) is 0 Å². The number of likely N-dealkylation sites (N-methyl/N-ethyl adjacent to an activating group) is 1. The Bertz CT molecular complexity index is 1170. The van der Waals surface area contributed by atoms with Crippen molar-refractivity contribution < 1.29 is 13.9 Å². The highest BCUT2D eigenvalue weighted by molar-refractivity contribution is 5.97. The van der Waals surface area contributed by atoms with Gasteiger partial charge in [-0.3, -0.25) is 14.5 Å². The van der Waals surface area contributed by atoms with Gasteiger partial charge in [0.05, 0.1) is 35.4 Å². The Morgan fingerprint density at radius 1 is 1.34 bits per heavy atom. The maximum absolute atomic E-state index is 14.5. The number of rotatable bonds is 5. The Kier molecular flexibility index (Phi) is 6.34. The van der Waals surface area contributed by atoms with Crippen molar-refractivity contribution in [2.24, 2.45) is 0 Å². The summed E-state index contributed by atoms with van der Waals surface area (Å²) in [4.78, 5) is 29.1. The smallest absolute Gasteiger partial charge is 0.272 e. The zero-order valence-electron chi connectivity index (χ0n) is 18.3. The number of fused-ring (bicyclic) bond motifs is 2. The zero-order valence-corrected chi connectivity index (χ0v) is 18.3. The second-order valence-corrected chi connectivity index (χ2v) is 8.26. The van der Waals surface area contributed by atoms with Crippen LogP contribution in [0, 0.1) is 0 Å². The van der Waals surface area contributed by atoms with Crippen LogP contribution in [0.4, 0.5) is 4.39 Å². The topological polar surface area (TPSA) is 78.5 Å². The Hall–Kier alpha value is -3.10. The summed E-state index contributed by atoms with van der Waals surface area (Å²) >= 11 is 0. The van der Waals surface area contributed by atoms with E-state index < -0.39 is 5.83 Å². The molecule has 2 unspecified atom stereocenters. The number of nitrogens with one attached hydrogen (secondary N) is 1. The average Bonchev–Trinajstić information content (AvgIpc) is 3.23. The number of carbonyl (C=O) groups is 1. The first-order valence-electron chi connectivity index (χ1n) is 10.7. The first-order chi connectivity index (χ1) is 15.4. The summed E-state index contributed by atoms with van der Waals surface area (Å²) in [6.07, 6.45) is 3.34. The molecule has 168 valence electrons. The third-order valence-corrected chi connectivity index (χ3v) is 6.21. The van der Waals surface area contributed by atoms with Gasteiger partial charge in [0, 0.05) is 31.4 Å². The molecular weight excluding hydrogens is 411 g/mol. The van der Waals surface area contributed by atoms with Crippen LogP contribution in [0.1, 0.15) is 12.6 Å². The summed E-state index contributed by atoms with van der Waals surface area (Å²) in [7, 11) is 2.02. The molecule has 2 aliphatic heterocycles. The molecule has 2 saturated heterocycles. The predicted molar refractivity (Wildman–Crippen MR) is 121 cm³/mol.